The van der Waals surface area contributed by atoms with Crippen molar-refractivity contribution in [3.63, 3.8) is 0 Å². The number of alkyl halides is 3. The number of likely N-dealkylation sites (N-methyl/N-ethyl adjacent to an activating group) is 1. The molecule has 0 aliphatic carbocycles. The molecule has 0 amide bonds. The molecule has 1 nitrogen and oxygen atoms in total. The second-order valence-corrected chi connectivity index (χ2v) is 5.26. The lowest BCUT2D eigenvalue weighted by Gasteiger charge is -2.26. The van der Waals surface area contributed by atoms with Crippen LogP contribution in [0.25, 0.3) is 10.1 Å². The number of rotatable bonds is 3. The van der Waals surface area contributed by atoms with Gasteiger partial charge in [-0.2, -0.15) is 13.2 Å². The van der Waals surface area contributed by atoms with Crippen molar-refractivity contribution in [1.29, 1.82) is 0 Å². The van der Waals surface area contributed by atoms with Gasteiger partial charge in [0.2, 0.25) is 0 Å². The van der Waals surface area contributed by atoms with Gasteiger partial charge < -0.3 is 5.32 Å². The molecule has 1 N–H and O–H groups in total. The van der Waals surface area contributed by atoms with Gasteiger partial charge in [-0.3, -0.25) is 0 Å². The van der Waals surface area contributed by atoms with E-state index in [1.54, 1.807) is 32.2 Å². The Hall–Kier alpha value is -1.07. The summed E-state index contributed by atoms with van der Waals surface area (Å²) >= 11 is 1.53. The van der Waals surface area contributed by atoms with Crippen molar-refractivity contribution < 1.29 is 13.2 Å². The summed E-state index contributed by atoms with van der Waals surface area (Å²) in [6.45, 7) is 1.55. The normalized spacial score (nSPS) is 15.8. The Bertz CT molecular complexity index is 532. The zero-order valence-corrected chi connectivity index (χ0v) is 10.9. The molecule has 0 aliphatic rings. The van der Waals surface area contributed by atoms with Crippen LogP contribution in [0.1, 0.15) is 18.4 Å². The van der Waals surface area contributed by atoms with Gasteiger partial charge in [-0.05, 0) is 48.5 Å². The van der Waals surface area contributed by atoms with Crippen LogP contribution in [-0.2, 0) is 0 Å². The first-order chi connectivity index (χ1) is 8.43. The number of benzene rings is 1. The predicted molar refractivity (Wildman–Crippen MR) is 69.1 cm³/mol. The standard InChI is InChI=1S/C13H14F3NS/c1-8(17-2)12(13(14,15)16)10-3-4-11-9(7-10)5-6-18-11/h3-8,12,17H,1-2H3. The lowest BCUT2D eigenvalue weighted by molar-refractivity contribution is -0.155. The van der Waals surface area contributed by atoms with Gasteiger partial charge in [-0.25, -0.2) is 0 Å². The Balaban J connectivity index is 2.46. The zero-order chi connectivity index (χ0) is 13.3. The van der Waals surface area contributed by atoms with Gasteiger partial charge in [-0.15, -0.1) is 11.3 Å². The van der Waals surface area contributed by atoms with Gasteiger partial charge in [0.15, 0.2) is 0 Å². The highest BCUT2D eigenvalue weighted by Gasteiger charge is 2.43. The Kier molecular flexibility index (Phi) is 3.64. The first-order valence-electron chi connectivity index (χ1n) is 5.64. The third-order valence-electron chi connectivity index (χ3n) is 3.14. The van der Waals surface area contributed by atoms with Crippen LogP contribution >= 0.6 is 11.3 Å². The van der Waals surface area contributed by atoms with Crippen LogP contribution in [0.5, 0.6) is 0 Å². The number of halogens is 3. The number of thiophene rings is 1. The minimum atomic E-state index is -4.24. The molecule has 0 aliphatic heterocycles. The van der Waals surface area contributed by atoms with Gasteiger partial charge in [0.25, 0.3) is 0 Å². The van der Waals surface area contributed by atoms with E-state index in [1.165, 1.54) is 11.3 Å². The highest BCUT2D eigenvalue weighted by Crippen LogP contribution is 2.38. The molecule has 1 aromatic heterocycles. The van der Waals surface area contributed by atoms with Crippen LogP contribution in [0.2, 0.25) is 0 Å². The quantitative estimate of drug-likeness (QED) is 0.885. The second kappa shape index (κ2) is 4.90. The predicted octanol–water partition coefficient (Wildman–Crippen LogP) is 4.16. The molecule has 0 spiro atoms. The van der Waals surface area contributed by atoms with Crippen molar-refractivity contribution in [1.82, 2.24) is 5.32 Å². The summed E-state index contributed by atoms with van der Waals surface area (Å²) in [6, 6.07) is 6.17. The Morgan fingerprint density at radius 1 is 1.22 bits per heavy atom. The maximum Gasteiger partial charge on any atom is 0.397 e. The van der Waals surface area contributed by atoms with Gasteiger partial charge in [0.1, 0.15) is 0 Å². The van der Waals surface area contributed by atoms with Crippen molar-refractivity contribution >= 4 is 21.4 Å². The van der Waals surface area contributed by atoms with E-state index in [1.807, 2.05) is 11.4 Å². The van der Waals surface area contributed by atoms with Gasteiger partial charge in [0, 0.05) is 10.7 Å². The smallest absolute Gasteiger partial charge is 0.316 e. The molecule has 98 valence electrons. The molecule has 1 heterocycles. The van der Waals surface area contributed by atoms with Gasteiger partial charge in [0.05, 0.1) is 5.92 Å². The van der Waals surface area contributed by atoms with E-state index >= 15 is 0 Å². The highest BCUT2D eigenvalue weighted by molar-refractivity contribution is 7.17. The zero-order valence-electron chi connectivity index (χ0n) is 10.1. The molecule has 2 unspecified atom stereocenters. The molecule has 5 heteroatoms. The van der Waals surface area contributed by atoms with E-state index in [2.05, 4.69) is 5.32 Å². The lowest BCUT2D eigenvalue weighted by atomic mass is 9.91. The van der Waals surface area contributed by atoms with E-state index in [0.717, 1.165) is 10.1 Å². The fraction of sp³-hybridized carbons (Fsp3) is 0.385. The molecular weight excluding hydrogens is 259 g/mol. The van der Waals surface area contributed by atoms with Crippen molar-refractivity contribution in [2.24, 2.45) is 0 Å². The number of hydrogen-bond donors (Lipinski definition) is 1. The molecule has 2 aromatic rings. The van der Waals surface area contributed by atoms with Gasteiger partial charge >= 0.3 is 6.18 Å². The number of nitrogens with one attached hydrogen (secondary N) is 1. The van der Waals surface area contributed by atoms with Crippen LogP contribution in [0.15, 0.2) is 29.6 Å². The summed E-state index contributed by atoms with van der Waals surface area (Å²) in [5.74, 6) is -1.48. The first kappa shape index (κ1) is 13.4. The third-order valence-corrected chi connectivity index (χ3v) is 4.04. The number of fused-ring (bicyclic) bond motifs is 1. The van der Waals surface area contributed by atoms with Crippen molar-refractivity contribution in [2.45, 2.75) is 25.1 Å². The monoisotopic (exact) mass is 273 g/mol. The van der Waals surface area contributed by atoms with Crippen LogP contribution in [0, 0.1) is 0 Å². The topological polar surface area (TPSA) is 12.0 Å². The molecule has 18 heavy (non-hydrogen) atoms. The second-order valence-electron chi connectivity index (χ2n) is 4.31. The fourth-order valence-corrected chi connectivity index (χ4v) is 2.88. The summed E-state index contributed by atoms with van der Waals surface area (Å²) < 4.78 is 40.4. The maximum absolute atomic E-state index is 13.1. The van der Waals surface area contributed by atoms with Crippen molar-refractivity contribution in [3.8, 4) is 0 Å². The minimum Gasteiger partial charge on any atom is -0.316 e. The molecule has 0 bridgehead atoms. The Morgan fingerprint density at radius 3 is 2.56 bits per heavy atom. The molecule has 2 rings (SSSR count). The summed E-state index contributed by atoms with van der Waals surface area (Å²) in [7, 11) is 1.55. The Morgan fingerprint density at radius 2 is 1.94 bits per heavy atom. The van der Waals surface area contributed by atoms with E-state index in [-0.39, 0.29) is 0 Å². The first-order valence-corrected chi connectivity index (χ1v) is 6.52. The van der Waals surface area contributed by atoms with E-state index in [0.29, 0.717) is 5.56 Å². The molecule has 0 radical (unpaired) electrons. The van der Waals surface area contributed by atoms with Crippen LogP contribution in [-0.4, -0.2) is 19.3 Å². The van der Waals surface area contributed by atoms with E-state index in [4.69, 9.17) is 0 Å². The molecule has 0 saturated heterocycles. The Labute approximate surface area is 108 Å². The van der Waals surface area contributed by atoms with Crippen LogP contribution in [0.4, 0.5) is 13.2 Å². The fourth-order valence-electron chi connectivity index (χ4n) is 2.11. The molecule has 1 aromatic carbocycles. The van der Waals surface area contributed by atoms with Crippen molar-refractivity contribution in [3.05, 3.63) is 35.2 Å². The summed E-state index contributed by atoms with van der Waals surface area (Å²) in [5.41, 5.74) is 0.315. The maximum atomic E-state index is 13.1. The number of hydrogen-bond acceptors (Lipinski definition) is 2. The molecule has 0 saturated carbocycles. The molecule has 0 fully saturated rings. The van der Waals surface area contributed by atoms with E-state index < -0.39 is 18.1 Å². The van der Waals surface area contributed by atoms with Crippen LogP contribution in [0.3, 0.4) is 0 Å². The minimum absolute atomic E-state index is 0.315. The summed E-state index contributed by atoms with van der Waals surface area (Å²) in [5, 5.41) is 5.45. The molecule has 2 atom stereocenters. The van der Waals surface area contributed by atoms with Crippen LogP contribution < -0.4 is 5.32 Å². The largest absolute Gasteiger partial charge is 0.397 e. The highest BCUT2D eigenvalue weighted by atomic mass is 32.1. The van der Waals surface area contributed by atoms with E-state index in [9.17, 15) is 13.2 Å². The van der Waals surface area contributed by atoms with Gasteiger partial charge in [-0.1, -0.05) is 6.07 Å². The lowest BCUT2D eigenvalue weighted by Crippen LogP contribution is -2.37. The van der Waals surface area contributed by atoms with Crippen molar-refractivity contribution in [2.75, 3.05) is 7.05 Å². The third kappa shape index (κ3) is 2.52. The molecular formula is C13H14F3NS. The summed E-state index contributed by atoms with van der Waals surface area (Å²) in [4.78, 5) is 0. The average molecular weight is 273 g/mol. The summed E-state index contributed by atoms with van der Waals surface area (Å²) in [6.07, 6.45) is -4.24. The average Bonchev–Trinajstić information content (AvgIpc) is 2.74. The SMILES string of the molecule is CNC(C)C(c1ccc2sccc2c1)C(F)(F)F.